The van der Waals surface area contributed by atoms with Gasteiger partial charge >= 0.3 is 0 Å². The van der Waals surface area contributed by atoms with Crippen molar-refractivity contribution in [2.75, 3.05) is 18.5 Å². The van der Waals surface area contributed by atoms with Crippen LogP contribution < -0.4 is 14.8 Å². The van der Waals surface area contributed by atoms with Crippen LogP contribution in [-0.4, -0.2) is 24.4 Å². The van der Waals surface area contributed by atoms with Crippen molar-refractivity contribution in [1.82, 2.24) is 0 Å². The smallest absolute Gasteiger partial charge is 0.259 e. The lowest BCUT2D eigenvalue weighted by Gasteiger charge is -2.13. The molecule has 0 aliphatic heterocycles. The van der Waals surface area contributed by atoms with Crippen LogP contribution in [0.1, 0.15) is 22.8 Å². The lowest BCUT2D eigenvalue weighted by molar-refractivity contribution is 0.102. The van der Waals surface area contributed by atoms with Gasteiger partial charge in [0.1, 0.15) is 24.7 Å². The molecule has 4 nitrogen and oxygen atoms in total. The summed E-state index contributed by atoms with van der Waals surface area (Å²) in [6.45, 7) is 2.78. The van der Waals surface area contributed by atoms with Crippen molar-refractivity contribution >= 4 is 24.2 Å². The van der Waals surface area contributed by atoms with E-state index in [0.29, 0.717) is 24.5 Å². The van der Waals surface area contributed by atoms with Crippen molar-refractivity contribution < 1.29 is 14.3 Å². The first kappa shape index (κ1) is 20.8. The molecule has 3 aromatic rings. The molecule has 0 bridgehead atoms. The Hall–Kier alpha value is -2.92. The van der Waals surface area contributed by atoms with Crippen LogP contribution in [0.25, 0.3) is 0 Å². The van der Waals surface area contributed by atoms with E-state index < -0.39 is 0 Å². The fourth-order valence-electron chi connectivity index (χ4n) is 2.92. The molecule has 0 spiro atoms. The number of para-hydroxylation sites is 2. The minimum absolute atomic E-state index is 0.208. The molecule has 29 heavy (non-hydrogen) atoms. The van der Waals surface area contributed by atoms with Gasteiger partial charge in [-0.05, 0) is 48.4 Å². The predicted molar refractivity (Wildman–Crippen MR) is 120 cm³/mol. The lowest BCUT2D eigenvalue weighted by Crippen LogP contribution is -2.15. The van der Waals surface area contributed by atoms with Gasteiger partial charge in [-0.25, -0.2) is 0 Å². The largest absolute Gasteiger partial charge is 0.490 e. The summed E-state index contributed by atoms with van der Waals surface area (Å²) in [7, 11) is 0. The number of benzene rings is 3. The maximum absolute atomic E-state index is 12.8. The highest BCUT2D eigenvalue weighted by molar-refractivity contribution is 7.80. The summed E-state index contributed by atoms with van der Waals surface area (Å²) in [6, 6.07) is 24.6. The fourth-order valence-corrected chi connectivity index (χ4v) is 3.13. The molecule has 3 rings (SSSR count). The first-order chi connectivity index (χ1) is 14.1. The van der Waals surface area contributed by atoms with Crippen molar-refractivity contribution in [2.45, 2.75) is 18.6 Å². The standard InChI is InChI=1S/C24H25NO3S/c1-18(29)16-19-8-7-9-20(17-19)25-24(26)22-12-5-6-13-23(22)28-15-14-27-21-10-3-2-4-11-21/h2-13,17-18,29H,14-16H2,1H3,(H,25,26). The molecule has 0 aliphatic rings. The van der Waals surface area contributed by atoms with Gasteiger partial charge in [-0.15, -0.1) is 0 Å². The number of nitrogens with one attached hydrogen (secondary N) is 1. The van der Waals surface area contributed by atoms with E-state index in [4.69, 9.17) is 9.47 Å². The summed E-state index contributed by atoms with van der Waals surface area (Å²) in [4.78, 5) is 12.8. The quantitative estimate of drug-likeness (QED) is 0.376. The highest BCUT2D eigenvalue weighted by Crippen LogP contribution is 2.21. The first-order valence-corrected chi connectivity index (χ1v) is 10.1. The Labute approximate surface area is 177 Å². The number of hydrogen-bond donors (Lipinski definition) is 2. The molecule has 0 fully saturated rings. The highest BCUT2D eigenvalue weighted by Gasteiger charge is 2.13. The summed E-state index contributed by atoms with van der Waals surface area (Å²) in [6.07, 6.45) is 0.841. The van der Waals surface area contributed by atoms with E-state index >= 15 is 0 Å². The van der Waals surface area contributed by atoms with Crippen LogP contribution in [-0.2, 0) is 6.42 Å². The fraction of sp³-hybridized carbons (Fsp3) is 0.208. The van der Waals surface area contributed by atoms with Gasteiger partial charge in [0.15, 0.2) is 0 Å². The number of carbonyl (C=O) groups is 1. The van der Waals surface area contributed by atoms with Gasteiger partial charge in [0.25, 0.3) is 5.91 Å². The van der Waals surface area contributed by atoms with Gasteiger partial charge in [0, 0.05) is 10.9 Å². The van der Waals surface area contributed by atoms with E-state index in [1.54, 1.807) is 12.1 Å². The SMILES string of the molecule is CC(S)Cc1cccc(NC(=O)c2ccccc2OCCOc2ccccc2)c1. The van der Waals surface area contributed by atoms with E-state index in [9.17, 15) is 4.79 Å². The van der Waals surface area contributed by atoms with Gasteiger partial charge in [0.05, 0.1) is 5.56 Å². The maximum atomic E-state index is 12.8. The molecule has 0 radical (unpaired) electrons. The number of rotatable bonds is 9. The van der Waals surface area contributed by atoms with Gasteiger partial charge in [-0.2, -0.15) is 12.6 Å². The molecule has 0 heterocycles. The Morgan fingerprint density at radius 3 is 2.45 bits per heavy atom. The Balaban J connectivity index is 1.59. The highest BCUT2D eigenvalue weighted by atomic mass is 32.1. The van der Waals surface area contributed by atoms with E-state index in [2.05, 4.69) is 17.9 Å². The zero-order valence-electron chi connectivity index (χ0n) is 16.4. The minimum Gasteiger partial charge on any atom is -0.490 e. The molecule has 1 atom stereocenters. The summed E-state index contributed by atoms with van der Waals surface area (Å²) in [5.41, 5.74) is 2.37. The third-order valence-electron chi connectivity index (χ3n) is 4.20. The molecule has 0 aliphatic carbocycles. The molecule has 0 aromatic heterocycles. The zero-order valence-corrected chi connectivity index (χ0v) is 17.3. The van der Waals surface area contributed by atoms with Crippen LogP contribution in [0.3, 0.4) is 0 Å². The predicted octanol–water partition coefficient (Wildman–Crippen LogP) is 5.26. The Bertz CT molecular complexity index is 928. The number of carbonyl (C=O) groups excluding carboxylic acids is 1. The Morgan fingerprint density at radius 1 is 0.931 bits per heavy atom. The monoisotopic (exact) mass is 407 g/mol. The second-order valence-electron chi connectivity index (χ2n) is 6.71. The lowest BCUT2D eigenvalue weighted by atomic mass is 10.1. The molecular formula is C24H25NO3S. The zero-order chi connectivity index (χ0) is 20.5. The Morgan fingerprint density at radius 2 is 1.66 bits per heavy atom. The van der Waals surface area contributed by atoms with Crippen molar-refractivity contribution in [3.05, 3.63) is 90.0 Å². The van der Waals surface area contributed by atoms with Crippen molar-refractivity contribution in [1.29, 1.82) is 0 Å². The van der Waals surface area contributed by atoms with E-state index in [-0.39, 0.29) is 11.2 Å². The average Bonchev–Trinajstić information content (AvgIpc) is 2.72. The van der Waals surface area contributed by atoms with Crippen LogP contribution in [0.5, 0.6) is 11.5 Å². The molecule has 0 saturated heterocycles. The second kappa shape index (κ2) is 10.6. The van der Waals surface area contributed by atoms with Crippen LogP contribution in [0.2, 0.25) is 0 Å². The summed E-state index contributed by atoms with van der Waals surface area (Å²) < 4.78 is 11.4. The minimum atomic E-state index is -0.208. The molecule has 150 valence electrons. The molecule has 1 unspecified atom stereocenters. The topological polar surface area (TPSA) is 47.6 Å². The summed E-state index contributed by atoms with van der Waals surface area (Å²) in [5, 5.41) is 3.21. The maximum Gasteiger partial charge on any atom is 0.259 e. The first-order valence-electron chi connectivity index (χ1n) is 9.60. The van der Waals surface area contributed by atoms with Crippen LogP contribution in [0.15, 0.2) is 78.9 Å². The molecule has 1 amide bonds. The summed E-state index contributed by atoms with van der Waals surface area (Å²) >= 11 is 4.43. The van der Waals surface area contributed by atoms with Gasteiger partial charge in [-0.1, -0.05) is 49.4 Å². The van der Waals surface area contributed by atoms with E-state index in [1.807, 2.05) is 73.7 Å². The molecule has 5 heteroatoms. The molecule has 1 N–H and O–H groups in total. The van der Waals surface area contributed by atoms with Crippen LogP contribution in [0, 0.1) is 0 Å². The number of hydrogen-bond acceptors (Lipinski definition) is 4. The third kappa shape index (κ3) is 6.57. The Kier molecular flexibility index (Phi) is 7.59. The molecule has 3 aromatic carbocycles. The van der Waals surface area contributed by atoms with E-state index in [0.717, 1.165) is 23.4 Å². The van der Waals surface area contributed by atoms with Gasteiger partial charge in [0.2, 0.25) is 0 Å². The van der Waals surface area contributed by atoms with Gasteiger partial charge in [-0.3, -0.25) is 4.79 Å². The normalized spacial score (nSPS) is 11.5. The average molecular weight is 408 g/mol. The van der Waals surface area contributed by atoms with Crippen molar-refractivity contribution in [3.8, 4) is 11.5 Å². The summed E-state index contributed by atoms with van der Waals surface area (Å²) in [5.74, 6) is 1.11. The van der Waals surface area contributed by atoms with Gasteiger partial charge < -0.3 is 14.8 Å². The van der Waals surface area contributed by atoms with Crippen molar-refractivity contribution in [3.63, 3.8) is 0 Å². The molecular weight excluding hydrogens is 382 g/mol. The number of anilines is 1. The number of ether oxygens (including phenoxy) is 2. The van der Waals surface area contributed by atoms with E-state index in [1.165, 1.54) is 0 Å². The number of amides is 1. The van der Waals surface area contributed by atoms with Crippen molar-refractivity contribution in [2.24, 2.45) is 0 Å². The van der Waals surface area contributed by atoms with Crippen LogP contribution >= 0.6 is 12.6 Å². The second-order valence-corrected chi connectivity index (χ2v) is 7.60. The third-order valence-corrected chi connectivity index (χ3v) is 4.38. The van der Waals surface area contributed by atoms with Crippen LogP contribution in [0.4, 0.5) is 5.69 Å². The number of thiol groups is 1. The molecule has 0 saturated carbocycles.